The van der Waals surface area contributed by atoms with Crippen LogP contribution in [0.15, 0.2) is 95.9 Å². The van der Waals surface area contributed by atoms with E-state index in [2.05, 4.69) is 15.4 Å². The number of hydrogen-bond acceptors (Lipinski definition) is 9. The Balaban J connectivity index is 1.66. The molecule has 2 amide bonds. The molecule has 1 aliphatic heterocycles. The lowest BCUT2D eigenvalue weighted by atomic mass is 9.86. The highest BCUT2D eigenvalue weighted by atomic mass is 32.2. The highest BCUT2D eigenvalue weighted by Crippen LogP contribution is 2.41. The van der Waals surface area contributed by atoms with Gasteiger partial charge in [0.25, 0.3) is 10.0 Å². The molecule has 4 aromatic rings. The Morgan fingerprint density at radius 2 is 1.58 bits per heavy atom. The van der Waals surface area contributed by atoms with Crippen molar-refractivity contribution in [2.45, 2.75) is 36.3 Å². The summed E-state index contributed by atoms with van der Waals surface area (Å²) in [5.41, 5.74) is 4.67. The first-order valence-electron chi connectivity index (χ1n) is 16.1. The van der Waals surface area contributed by atoms with E-state index in [0.717, 1.165) is 25.0 Å². The van der Waals surface area contributed by atoms with Gasteiger partial charge in [-0.15, -0.1) is 0 Å². The molecule has 52 heavy (non-hydrogen) atoms. The van der Waals surface area contributed by atoms with Crippen LogP contribution in [-0.2, 0) is 26.0 Å². The van der Waals surface area contributed by atoms with Crippen LogP contribution < -0.4 is 30.6 Å². The standard InChI is InChI=1S/C36H35F3N4O8S/c37-36(38,39)35(47)51-32-30(52(48,49)43-28-8-4-5-9-29(28)50-25-6-2-1-3-7-25)15-14-26(33(40)45)31(32)27(20-22-10-12-24(44)13-11-22)34(46)42-21-23-16-18-41-19-17-23/h1-15,23,27,41,43-44H,16-21H2,(H2,40,45)(H,42,46)/t27-/m0/s1. The molecule has 16 heteroatoms. The third-order valence-electron chi connectivity index (χ3n) is 8.31. The zero-order valence-electron chi connectivity index (χ0n) is 27.5. The van der Waals surface area contributed by atoms with E-state index in [1.807, 2.05) is 0 Å². The van der Waals surface area contributed by atoms with Crippen molar-refractivity contribution in [2.24, 2.45) is 11.7 Å². The fourth-order valence-corrected chi connectivity index (χ4v) is 6.92. The second kappa shape index (κ2) is 16.2. The number of phenols is 1. The van der Waals surface area contributed by atoms with Crippen LogP contribution >= 0.6 is 0 Å². The predicted molar refractivity (Wildman–Crippen MR) is 184 cm³/mol. The lowest BCUT2D eigenvalue weighted by Crippen LogP contribution is -2.39. The second-order valence-electron chi connectivity index (χ2n) is 12.0. The molecular formula is C36H35F3N4O8S. The molecule has 1 atom stereocenters. The van der Waals surface area contributed by atoms with Gasteiger partial charge in [-0.1, -0.05) is 42.5 Å². The quantitative estimate of drug-likeness (QED) is 0.0930. The van der Waals surface area contributed by atoms with Crippen molar-refractivity contribution in [3.05, 3.63) is 108 Å². The molecule has 1 saturated heterocycles. The Kier molecular flexibility index (Phi) is 11.7. The topological polar surface area (TPSA) is 186 Å². The van der Waals surface area contributed by atoms with E-state index in [-0.39, 0.29) is 36.1 Å². The SMILES string of the molecule is NC(=O)c1ccc(S(=O)(=O)Nc2ccccc2Oc2ccccc2)c(OC(=O)C(F)(F)F)c1[C@H](Cc1ccc(O)cc1)C(=O)NCC1CCNCC1. The maximum atomic E-state index is 14.1. The van der Waals surface area contributed by atoms with Gasteiger partial charge in [-0.25, -0.2) is 13.2 Å². The number of primary amides is 1. The summed E-state index contributed by atoms with van der Waals surface area (Å²) in [5.74, 6) is -7.39. The number of benzene rings is 4. The number of nitrogens with two attached hydrogens (primary N) is 1. The number of carbonyl (C=O) groups is 3. The van der Waals surface area contributed by atoms with Crippen LogP contribution in [0.4, 0.5) is 18.9 Å². The Labute approximate surface area is 297 Å². The van der Waals surface area contributed by atoms with Gasteiger partial charge >= 0.3 is 12.1 Å². The van der Waals surface area contributed by atoms with Gasteiger partial charge in [0.05, 0.1) is 11.6 Å². The summed E-state index contributed by atoms with van der Waals surface area (Å²) >= 11 is 0. The minimum atomic E-state index is -5.62. The molecule has 4 aromatic carbocycles. The first-order chi connectivity index (χ1) is 24.7. The van der Waals surface area contributed by atoms with Crippen LogP contribution in [0.3, 0.4) is 0 Å². The molecule has 1 fully saturated rings. The molecule has 12 nitrogen and oxygen atoms in total. The van der Waals surface area contributed by atoms with E-state index in [1.165, 1.54) is 42.5 Å². The molecule has 1 heterocycles. The number of amides is 2. The molecular weight excluding hydrogens is 705 g/mol. The fraction of sp³-hybridized carbons (Fsp3) is 0.250. The van der Waals surface area contributed by atoms with Gasteiger partial charge in [-0.3, -0.25) is 14.3 Å². The van der Waals surface area contributed by atoms with Gasteiger partial charge < -0.3 is 30.9 Å². The minimum absolute atomic E-state index is 0.0163. The molecule has 0 radical (unpaired) electrons. The molecule has 1 aliphatic rings. The molecule has 0 aliphatic carbocycles. The Morgan fingerprint density at radius 3 is 2.23 bits per heavy atom. The second-order valence-corrected chi connectivity index (χ2v) is 13.6. The zero-order valence-corrected chi connectivity index (χ0v) is 28.3. The van der Waals surface area contributed by atoms with Crippen LogP contribution in [0.2, 0.25) is 0 Å². The number of phenolic OH excluding ortho intramolecular Hbond substituents is 1. The van der Waals surface area contributed by atoms with Crippen LogP contribution in [0.25, 0.3) is 0 Å². The molecule has 6 N–H and O–H groups in total. The molecule has 0 saturated carbocycles. The Hall–Kier alpha value is -5.61. The largest absolute Gasteiger partial charge is 0.508 e. The van der Waals surface area contributed by atoms with E-state index < -0.39 is 61.7 Å². The minimum Gasteiger partial charge on any atom is -0.508 e. The lowest BCUT2D eigenvalue weighted by Gasteiger charge is -2.26. The van der Waals surface area contributed by atoms with E-state index in [0.29, 0.717) is 24.4 Å². The Bertz CT molecular complexity index is 2020. The van der Waals surface area contributed by atoms with Crippen LogP contribution in [0.5, 0.6) is 23.0 Å². The number of aromatic hydroxyl groups is 1. The number of para-hydroxylation sites is 3. The molecule has 0 spiro atoms. The maximum Gasteiger partial charge on any atom is 0.491 e. The van der Waals surface area contributed by atoms with E-state index >= 15 is 0 Å². The molecule has 0 unspecified atom stereocenters. The number of halogens is 3. The molecule has 0 bridgehead atoms. The van der Waals surface area contributed by atoms with Crippen molar-refractivity contribution in [1.29, 1.82) is 0 Å². The number of esters is 1. The lowest BCUT2D eigenvalue weighted by molar-refractivity contribution is -0.189. The summed E-state index contributed by atoms with van der Waals surface area (Å²) in [6.45, 7) is 1.56. The third-order valence-corrected chi connectivity index (χ3v) is 9.70. The van der Waals surface area contributed by atoms with Crippen molar-refractivity contribution in [2.75, 3.05) is 24.4 Å². The van der Waals surface area contributed by atoms with Crippen LogP contribution in [-0.4, -0.2) is 57.1 Å². The van der Waals surface area contributed by atoms with Gasteiger partial charge in [0.2, 0.25) is 11.8 Å². The first kappa shape index (κ1) is 37.6. The van der Waals surface area contributed by atoms with Crippen molar-refractivity contribution < 1.29 is 50.6 Å². The number of nitrogens with one attached hydrogen (secondary N) is 3. The monoisotopic (exact) mass is 740 g/mol. The number of carbonyl (C=O) groups excluding carboxylic acids is 3. The number of hydrogen-bond donors (Lipinski definition) is 5. The van der Waals surface area contributed by atoms with Crippen molar-refractivity contribution in [3.8, 4) is 23.0 Å². The summed E-state index contributed by atoms with van der Waals surface area (Å²) in [5, 5.41) is 15.8. The van der Waals surface area contributed by atoms with Crippen LogP contribution in [0, 0.1) is 5.92 Å². The number of sulfonamides is 1. The number of alkyl halides is 3. The van der Waals surface area contributed by atoms with Crippen molar-refractivity contribution in [3.63, 3.8) is 0 Å². The maximum absolute atomic E-state index is 14.1. The smallest absolute Gasteiger partial charge is 0.491 e. The van der Waals surface area contributed by atoms with Gasteiger partial charge in [-0.05, 0) is 92.4 Å². The normalized spacial score (nSPS) is 14.2. The van der Waals surface area contributed by atoms with Crippen LogP contribution in [0.1, 0.15) is 40.2 Å². The van der Waals surface area contributed by atoms with Gasteiger partial charge in [0.1, 0.15) is 16.4 Å². The summed E-state index contributed by atoms with van der Waals surface area (Å²) < 4.78 is 82.5. The number of ether oxygens (including phenoxy) is 2. The average Bonchev–Trinajstić information content (AvgIpc) is 3.11. The van der Waals surface area contributed by atoms with E-state index in [9.17, 15) is 41.1 Å². The van der Waals surface area contributed by atoms with E-state index in [1.54, 1.807) is 36.4 Å². The summed E-state index contributed by atoms with van der Waals surface area (Å²) in [6.07, 6.45) is -4.51. The fourth-order valence-electron chi connectivity index (χ4n) is 5.71. The number of piperidine rings is 1. The number of anilines is 1. The summed E-state index contributed by atoms with van der Waals surface area (Å²) in [6, 6.07) is 21.3. The molecule has 274 valence electrons. The average molecular weight is 741 g/mol. The molecule has 0 aromatic heterocycles. The van der Waals surface area contributed by atoms with Gasteiger partial charge in [0.15, 0.2) is 11.5 Å². The van der Waals surface area contributed by atoms with Crippen molar-refractivity contribution >= 4 is 33.5 Å². The molecule has 5 rings (SSSR count). The number of rotatable bonds is 13. The predicted octanol–water partition coefficient (Wildman–Crippen LogP) is 4.99. The van der Waals surface area contributed by atoms with E-state index in [4.69, 9.17) is 15.2 Å². The van der Waals surface area contributed by atoms with Gasteiger partial charge in [-0.2, -0.15) is 13.2 Å². The summed E-state index contributed by atoms with van der Waals surface area (Å²) in [7, 11) is -4.98. The van der Waals surface area contributed by atoms with Gasteiger partial charge in [0, 0.05) is 17.7 Å². The first-order valence-corrected chi connectivity index (χ1v) is 17.6. The third kappa shape index (κ3) is 9.38. The zero-order chi connectivity index (χ0) is 37.5. The van der Waals surface area contributed by atoms with Crippen molar-refractivity contribution in [1.82, 2.24) is 10.6 Å². The highest BCUT2D eigenvalue weighted by molar-refractivity contribution is 7.92. The highest BCUT2D eigenvalue weighted by Gasteiger charge is 2.44. The summed E-state index contributed by atoms with van der Waals surface area (Å²) in [4.78, 5) is 38.4. The Morgan fingerprint density at radius 1 is 0.923 bits per heavy atom.